The Morgan fingerprint density at radius 2 is 2.06 bits per heavy atom. The third kappa shape index (κ3) is 2.15. The van der Waals surface area contributed by atoms with Crippen molar-refractivity contribution in [3.63, 3.8) is 0 Å². The summed E-state index contributed by atoms with van der Waals surface area (Å²) < 4.78 is 0. The summed E-state index contributed by atoms with van der Waals surface area (Å²) in [7, 11) is 0. The van der Waals surface area contributed by atoms with Crippen LogP contribution in [0.5, 0.6) is 0 Å². The van der Waals surface area contributed by atoms with Crippen LogP contribution in [-0.2, 0) is 4.79 Å². The fourth-order valence-corrected chi connectivity index (χ4v) is 3.15. The average Bonchev–Trinajstić information content (AvgIpc) is 2.31. The summed E-state index contributed by atoms with van der Waals surface area (Å²) in [4.78, 5) is 11.1. The summed E-state index contributed by atoms with van der Waals surface area (Å²) in [5, 5.41) is 19.1. The lowest BCUT2D eigenvalue weighted by Crippen LogP contribution is -2.35. The first-order chi connectivity index (χ1) is 8.41. The van der Waals surface area contributed by atoms with E-state index in [9.17, 15) is 9.90 Å². The van der Waals surface area contributed by atoms with E-state index < -0.39 is 12.1 Å². The van der Waals surface area contributed by atoms with E-state index in [1.807, 2.05) is 13.0 Å². The maximum absolute atomic E-state index is 11.1. The molecule has 0 unspecified atom stereocenters. The molecule has 0 aromatic rings. The number of rotatable bonds is 2. The summed E-state index contributed by atoms with van der Waals surface area (Å²) >= 11 is 0. The lowest BCUT2D eigenvalue weighted by molar-refractivity contribution is -0.133. The van der Waals surface area contributed by atoms with Crippen molar-refractivity contribution < 1.29 is 15.0 Å². The van der Waals surface area contributed by atoms with Gasteiger partial charge < -0.3 is 10.2 Å². The molecule has 0 spiro atoms. The minimum absolute atomic E-state index is 0.0429. The number of aliphatic hydroxyl groups excluding tert-OH is 1. The van der Waals surface area contributed by atoms with Crippen molar-refractivity contribution in [2.75, 3.05) is 0 Å². The molecule has 18 heavy (non-hydrogen) atoms. The summed E-state index contributed by atoms with van der Waals surface area (Å²) in [5.74, 6) is -0.539. The zero-order valence-electron chi connectivity index (χ0n) is 10.9. The average molecular weight is 248 g/mol. The Labute approximate surface area is 108 Å². The first kappa shape index (κ1) is 13.1. The van der Waals surface area contributed by atoms with Crippen LogP contribution >= 0.6 is 0 Å². The number of hydrogen-bond donors (Lipinski definition) is 2. The lowest BCUT2D eigenvalue weighted by Gasteiger charge is -2.40. The molecule has 0 fully saturated rings. The zero-order chi connectivity index (χ0) is 13.4. The van der Waals surface area contributed by atoms with Gasteiger partial charge in [-0.3, -0.25) is 0 Å². The smallest absolute Gasteiger partial charge is 0.331 e. The highest BCUT2D eigenvalue weighted by Crippen LogP contribution is 2.45. The van der Waals surface area contributed by atoms with Crippen LogP contribution in [-0.4, -0.2) is 22.3 Å². The maximum atomic E-state index is 11.1. The van der Waals surface area contributed by atoms with Crippen molar-refractivity contribution in [1.29, 1.82) is 0 Å². The van der Waals surface area contributed by atoms with Gasteiger partial charge in [-0.1, -0.05) is 24.3 Å². The number of fused-ring (bicyclic) bond motifs is 1. The first-order valence-electron chi connectivity index (χ1n) is 6.37. The van der Waals surface area contributed by atoms with Gasteiger partial charge in [0.15, 0.2) is 0 Å². The second kappa shape index (κ2) is 4.73. The maximum Gasteiger partial charge on any atom is 0.331 e. The predicted octanol–water partition coefficient (Wildman–Crippen LogP) is 2.54. The van der Waals surface area contributed by atoms with Crippen molar-refractivity contribution in [2.45, 2.75) is 32.8 Å². The quantitative estimate of drug-likeness (QED) is 0.583. The highest BCUT2D eigenvalue weighted by molar-refractivity contribution is 5.86. The number of aliphatic hydroxyl groups is 1. The summed E-state index contributed by atoms with van der Waals surface area (Å²) in [6.45, 7) is 7.70. The van der Waals surface area contributed by atoms with Crippen LogP contribution in [0.1, 0.15) is 26.7 Å². The predicted molar refractivity (Wildman–Crippen MR) is 70.0 cm³/mol. The molecule has 0 saturated heterocycles. The van der Waals surface area contributed by atoms with Gasteiger partial charge in [0, 0.05) is 11.5 Å². The van der Waals surface area contributed by atoms with E-state index in [1.54, 1.807) is 0 Å². The monoisotopic (exact) mass is 248 g/mol. The molecule has 0 aliphatic heterocycles. The van der Waals surface area contributed by atoms with E-state index in [2.05, 4.69) is 19.6 Å². The molecule has 98 valence electrons. The minimum Gasteiger partial charge on any atom is -0.478 e. The van der Waals surface area contributed by atoms with Crippen molar-refractivity contribution >= 4 is 5.97 Å². The molecule has 0 bridgehead atoms. The molecule has 3 heteroatoms. The third-order valence-corrected chi connectivity index (χ3v) is 4.39. The number of hydrogen-bond acceptors (Lipinski definition) is 2. The van der Waals surface area contributed by atoms with E-state index in [-0.39, 0.29) is 23.3 Å². The van der Waals surface area contributed by atoms with Crippen LogP contribution in [0.15, 0.2) is 35.5 Å². The largest absolute Gasteiger partial charge is 0.478 e. The SMILES string of the molecule is C=C(C(=O)O)[C@@H]1CC=C(C)[C@H]2C[C@H](O)C(C)=C[C@H]21. The van der Waals surface area contributed by atoms with Crippen LogP contribution in [0, 0.1) is 17.8 Å². The zero-order valence-corrected chi connectivity index (χ0v) is 10.9. The Kier molecular flexibility index (Phi) is 3.44. The normalized spacial score (nSPS) is 35.3. The van der Waals surface area contributed by atoms with Crippen LogP contribution in [0.25, 0.3) is 0 Å². The fourth-order valence-electron chi connectivity index (χ4n) is 3.15. The molecule has 0 aromatic carbocycles. The van der Waals surface area contributed by atoms with E-state index >= 15 is 0 Å². The molecule has 0 saturated carbocycles. The summed E-state index contributed by atoms with van der Waals surface area (Å²) in [6.07, 6.45) is 5.18. The Hall–Kier alpha value is -1.35. The number of aliphatic carboxylic acids is 1. The number of carboxylic acid groups (broad SMARTS) is 1. The Morgan fingerprint density at radius 3 is 2.67 bits per heavy atom. The van der Waals surface area contributed by atoms with Gasteiger partial charge in [-0.15, -0.1) is 0 Å². The van der Waals surface area contributed by atoms with Crippen molar-refractivity contribution in [3.8, 4) is 0 Å². The van der Waals surface area contributed by atoms with Gasteiger partial charge in [-0.25, -0.2) is 4.79 Å². The Balaban J connectivity index is 2.35. The molecule has 3 nitrogen and oxygen atoms in total. The minimum atomic E-state index is -0.913. The van der Waals surface area contributed by atoms with E-state index in [0.717, 1.165) is 12.0 Å². The van der Waals surface area contributed by atoms with Gasteiger partial charge >= 0.3 is 5.97 Å². The van der Waals surface area contributed by atoms with Gasteiger partial charge in [0.05, 0.1) is 6.10 Å². The Bertz CT molecular complexity index is 445. The summed E-state index contributed by atoms with van der Waals surface area (Å²) in [5.41, 5.74) is 2.50. The number of allylic oxidation sites excluding steroid dienone is 3. The highest BCUT2D eigenvalue weighted by atomic mass is 16.4. The van der Waals surface area contributed by atoms with Crippen molar-refractivity contribution in [1.82, 2.24) is 0 Å². The second-order valence-electron chi connectivity index (χ2n) is 5.47. The molecule has 0 heterocycles. The van der Waals surface area contributed by atoms with Gasteiger partial charge in [-0.2, -0.15) is 0 Å². The van der Waals surface area contributed by atoms with E-state index in [4.69, 9.17) is 5.11 Å². The molecule has 4 atom stereocenters. The summed E-state index contributed by atoms with van der Waals surface area (Å²) in [6, 6.07) is 0. The van der Waals surface area contributed by atoms with Gasteiger partial charge in [0.25, 0.3) is 0 Å². The number of carbonyl (C=O) groups is 1. The topological polar surface area (TPSA) is 57.5 Å². The van der Waals surface area contributed by atoms with E-state index in [0.29, 0.717) is 6.42 Å². The van der Waals surface area contributed by atoms with Crippen molar-refractivity contribution in [2.24, 2.45) is 17.8 Å². The standard InChI is InChI=1S/C15H20O3/c1-8-4-5-11(10(3)15(17)18)13-6-9(2)14(16)7-12(8)13/h4,6,11-14,16H,3,5,7H2,1-2H3,(H,17,18)/t11-,12+,13-,14-/m0/s1. The molecule has 2 rings (SSSR count). The Morgan fingerprint density at radius 1 is 1.39 bits per heavy atom. The molecule has 0 radical (unpaired) electrons. The molecular formula is C15H20O3. The van der Waals surface area contributed by atoms with Gasteiger partial charge in [-0.05, 0) is 44.1 Å². The van der Waals surface area contributed by atoms with Crippen LogP contribution in [0.2, 0.25) is 0 Å². The molecule has 0 amide bonds. The third-order valence-electron chi connectivity index (χ3n) is 4.39. The lowest BCUT2D eigenvalue weighted by atomic mass is 9.64. The van der Waals surface area contributed by atoms with Crippen LogP contribution in [0.3, 0.4) is 0 Å². The van der Waals surface area contributed by atoms with Crippen molar-refractivity contribution in [3.05, 3.63) is 35.5 Å². The van der Waals surface area contributed by atoms with Gasteiger partial charge in [0.1, 0.15) is 0 Å². The fraction of sp³-hybridized carbons (Fsp3) is 0.533. The first-order valence-corrected chi connectivity index (χ1v) is 6.37. The number of carboxylic acids is 1. The molecule has 2 N–H and O–H groups in total. The molecule has 2 aliphatic rings. The molecule has 0 aromatic heterocycles. The molecule has 2 aliphatic carbocycles. The molecular weight excluding hydrogens is 228 g/mol. The van der Waals surface area contributed by atoms with Crippen LogP contribution < -0.4 is 0 Å². The van der Waals surface area contributed by atoms with Crippen LogP contribution in [0.4, 0.5) is 0 Å². The van der Waals surface area contributed by atoms with Gasteiger partial charge in [0.2, 0.25) is 0 Å². The second-order valence-corrected chi connectivity index (χ2v) is 5.47. The highest BCUT2D eigenvalue weighted by Gasteiger charge is 2.39. The van der Waals surface area contributed by atoms with E-state index in [1.165, 1.54) is 5.57 Å².